The first-order chi connectivity index (χ1) is 17.6. The lowest BCUT2D eigenvalue weighted by Gasteiger charge is -2.33. The SMILES string of the molecule is Cc1nn(Cc2ccccc2Cl)c(C)c1NC(=O)c1cc2n(n1)[C@H](C(F)(F)F)C[C@@H](c1ccccc1)N2. The Bertz CT molecular complexity index is 1450. The van der Waals surface area contributed by atoms with Crippen molar-refractivity contribution in [1.29, 1.82) is 0 Å². The molecule has 1 aliphatic rings. The van der Waals surface area contributed by atoms with Crippen LogP contribution < -0.4 is 10.6 Å². The van der Waals surface area contributed by atoms with Gasteiger partial charge in [-0.3, -0.25) is 9.48 Å². The standard InChI is InChI=1S/C26H24ClF3N6O/c1-15-24(16(2)35(33-15)14-18-10-6-7-11-19(18)27)32-25(37)21-13-23-31-20(17-8-4-3-5-9-17)12-22(26(28,29)30)36(23)34-21/h3-11,13,20,22,31H,12,14H2,1-2H3,(H,32,37)/t20-,22-/m0/s1. The number of benzene rings is 2. The Morgan fingerprint density at radius 2 is 1.81 bits per heavy atom. The zero-order chi connectivity index (χ0) is 26.3. The highest BCUT2D eigenvalue weighted by Crippen LogP contribution is 2.43. The third-order valence-electron chi connectivity index (χ3n) is 6.52. The molecule has 0 saturated carbocycles. The summed E-state index contributed by atoms with van der Waals surface area (Å²) in [5, 5.41) is 15.0. The molecular weight excluding hydrogens is 505 g/mol. The van der Waals surface area contributed by atoms with Gasteiger partial charge in [0.2, 0.25) is 0 Å². The van der Waals surface area contributed by atoms with Gasteiger partial charge in [-0.25, -0.2) is 4.68 Å². The predicted molar refractivity (Wildman–Crippen MR) is 135 cm³/mol. The molecule has 0 bridgehead atoms. The van der Waals surface area contributed by atoms with E-state index in [1.165, 1.54) is 6.07 Å². The zero-order valence-corrected chi connectivity index (χ0v) is 20.8. The minimum atomic E-state index is -4.53. The average molecular weight is 529 g/mol. The predicted octanol–water partition coefficient (Wildman–Crippen LogP) is 6.31. The Kier molecular flexibility index (Phi) is 6.45. The van der Waals surface area contributed by atoms with Crippen molar-refractivity contribution in [2.75, 3.05) is 10.6 Å². The highest BCUT2D eigenvalue weighted by molar-refractivity contribution is 6.31. The van der Waals surface area contributed by atoms with Crippen LogP contribution in [-0.4, -0.2) is 31.6 Å². The molecule has 5 rings (SSSR count). The van der Waals surface area contributed by atoms with Crippen LogP contribution >= 0.6 is 11.6 Å². The van der Waals surface area contributed by atoms with E-state index in [-0.39, 0.29) is 17.9 Å². The number of anilines is 2. The Morgan fingerprint density at radius 3 is 2.51 bits per heavy atom. The highest BCUT2D eigenvalue weighted by Gasteiger charge is 2.46. The number of alkyl halides is 3. The van der Waals surface area contributed by atoms with Crippen LogP contribution in [0.5, 0.6) is 0 Å². The summed E-state index contributed by atoms with van der Waals surface area (Å²) in [7, 11) is 0. The number of hydrogen-bond acceptors (Lipinski definition) is 4. The molecule has 0 aliphatic carbocycles. The molecule has 2 aromatic heterocycles. The van der Waals surface area contributed by atoms with Gasteiger partial charge in [-0.1, -0.05) is 60.1 Å². The van der Waals surface area contributed by atoms with Crippen LogP contribution in [0, 0.1) is 13.8 Å². The monoisotopic (exact) mass is 528 g/mol. The highest BCUT2D eigenvalue weighted by atomic mass is 35.5. The number of carbonyl (C=O) groups is 1. The maximum Gasteiger partial charge on any atom is 0.410 e. The topological polar surface area (TPSA) is 76.8 Å². The summed E-state index contributed by atoms with van der Waals surface area (Å²) in [4.78, 5) is 13.1. The second kappa shape index (κ2) is 9.59. The number of nitrogens with zero attached hydrogens (tertiary/aromatic N) is 4. The second-order valence-electron chi connectivity index (χ2n) is 9.01. The van der Waals surface area contributed by atoms with Gasteiger partial charge >= 0.3 is 6.18 Å². The van der Waals surface area contributed by atoms with Crippen LogP contribution in [0.2, 0.25) is 5.02 Å². The first-order valence-electron chi connectivity index (χ1n) is 11.7. The molecule has 7 nitrogen and oxygen atoms in total. The van der Waals surface area contributed by atoms with E-state index in [9.17, 15) is 18.0 Å². The maximum atomic E-state index is 14.0. The third kappa shape index (κ3) is 4.93. The molecule has 11 heteroatoms. The number of aromatic nitrogens is 4. The number of rotatable bonds is 5. The van der Waals surface area contributed by atoms with Gasteiger partial charge < -0.3 is 10.6 Å². The molecule has 0 spiro atoms. The molecule has 37 heavy (non-hydrogen) atoms. The number of fused-ring (bicyclic) bond motifs is 1. The minimum absolute atomic E-state index is 0.122. The molecule has 4 aromatic rings. The molecule has 0 radical (unpaired) electrons. The van der Waals surface area contributed by atoms with E-state index < -0.39 is 24.2 Å². The molecule has 0 saturated heterocycles. The van der Waals surface area contributed by atoms with Gasteiger partial charge in [0.15, 0.2) is 11.7 Å². The number of nitrogens with one attached hydrogen (secondary N) is 2. The fraction of sp³-hybridized carbons (Fsp3) is 0.269. The molecule has 3 heterocycles. The minimum Gasteiger partial charge on any atom is -0.363 e. The van der Waals surface area contributed by atoms with Gasteiger partial charge in [-0.2, -0.15) is 23.4 Å². The zero-order valence-electron chi connectivity index (χ0n) is 20.1. The molecule has 2 N–H and O–H groups in total. The number of carbonyl (C=O) groups excluding carboxylic acids is 1. The lowest BCUT2D eigenvalue weighted by molar-refractivity contribution is -0.173. The van der Waals surface area contributed by atoms with E-state index in [0.717, 1.165) is 15.8 Å². The van der Waals surface area contributed by atoms with Crippen molar-refractivity contribution in [3.05, 3.63) is 93.9 Å². The van der Waals surface area contributed by atoms with Crippen molar-refractivity contribution in [3.8, 4) is 0 Å². The summed E-state index contributed by atoms with van der Waals surface area (Å²) in [6.07, 6.45) is -4.77. The first-order valence-corrected chi connectivity index (χ1v) is 12.1. The van der Waals surface area contributed by atoms with Crippen LogP contribution in [0.3, 0.4) is 0 Å². The van der Waals surface area contributed by atoms with Gasteiger partial charge in [0.25, 0.3) is 5.91 Å². The van der Waals surface area contributed by atoms with Crippen LogP contribution in [0.25, 0.3) is 0 Å². The summed E-state index contributed by atoms with van der Waals surface area (Å²) >= 11 is 6.27. The van der Waals surface area contributed by atoms with Crippen LogP contribution in [0.4, 0.5) is 24.7 Å². The number of hydrogen-bond donors (Lipinski definition) is 2. The van der Waals surface area contributed by atoms with Crippen molar-refractivity contribution in [3.63, 3.8) is 0 Å². The summed E-state index contributed by atoms with van der Waals surface area (Å²) < 4.78 is 44.5. The summed E-state index contributed by atoms with van der Waals surface area (Å²) in [6.45, 7) is 3.95. The molecule has 1 aliphatic heterocycles. The lowest BCUT2D eigenvalue weighted by Crippen LogP contribution is -2.35. The maximum absolute atomic E-state index is 14.0. The smallest absolute Gasteiger partial charge is 0.363 e. The second-order valence-corrected chi connectivity index (χ2v) is 9.42. The van der Waals surface area contributed by atoms with Crippen molar-refractivity contribution in [1.82, 2.24) is 19.6 Å². The summed E-state index contributed by atoms with van der Waals surface area (Å²) in [5.41, 5.74) is 3.20. The van der Waals surface area contributed by atoms with Gasteiger partial charge in [0.1, 0.15) is 5.82 Å². The van der Waals surface area contributed by atoms with Crippen LogP contribution in [0.15, 0.2) is 60.7 Å². The number of halogens is 4. The van der Waals surface area contributed by atoms with Crippen molar-refractivity contribution < 1.29 is 18.0 Å². The van der Waals surface area contributed by atoms with E-state index in [0.29, 0.717) is 28.6 Å². The van der Waals surface area contributed by atoms with Gasteiger partial charge in [-0.15, -0.1) is 0 Å². The quantitative estimate of drug-likeness (QED) is 0.318. The van der Waals surface area contributed by atoms with Crippen molar-refractivity contribution in [2.24, 2.45) is 0 Å². The summed E-state index contributed by atoms with van der Waals surface area (Å²) in [5.74, 6) is -0.486. The largest absolute Gasteiger partial charge is 0.410 e. The molecule has 1 amide bonds. The number of amides is 1. The Labute approximate surface area is 216 Å². The van der Waals surface area contributed by atoms with Crippen molar-refractivity contribution in [2.45, 2.75) is 45.1 Å². The fourth-order valence-electron chi connectivity index (χ4n) is 4.59. The lowest BCUT2D eigenvalue weighted by atomic mass is 9.97. The van der Waals surface area contributed by atoms with Gasteiger partial charge in [0, 0.05) is 17.5 Å². The van der Waals surface area contributed by atoms with E-state index in [2.05, 4.69) is 20.8 Å². The summed E-state index contributed by atoms with van der Waals surface area (Å²) in [6, 6.07) is 15.2. The van der Waals surface area contributed by atoms with E-state index in [1.807, 2.05) is 18.2 Å². The van der Waals surface area contributed by atoms with Gasteiger partial charge in [0.05, 0.1) is 29.7 Å². The molecule has 192 valence electrons. The van der Waals surface area contributed by atoms with E-state index in [4.69, 9.17) is 11.6 Å². The van der Waals surface area contributed by atoms with E-state index in [1.54, 1.807) is 54.9 Å². The first kappa shape index (κ1) is 24.9. The van der Waals surface area contributed by atoms with Gasteiger partial charge in [-0.05, 0) is 31.0 Å². The Hall–Kier alpha value is -3.79. The third-order valence-corrected chi connectivity index (χ3v) is 6.89. The molecule has 0 unspecified atom stereocenters. The normalized spacial score (nSPS) is 17.2. The molecular formula is C26H24ClF3N6O. The van der Waals surface area contributed by atoms with Crippen molar-refractivity contribution >= 4 is 29.0 Å². The Balaban J connectivity index is 1.40. The molecule has 2 atom stereocenters. The average Bonchev–Trinajstić information content (AvgIpc) is 3.41. The van der Waals surface area contributed by atoms with E-state index >= 15 is 0 Å². The Morgan fingerprint density at radius 1 is 1.11 bits per heavy atom. The van der Waals surface area contributed by atoms with Crippen LogP contribution in [0.1, 0.15) is 51.5 Å². The fourth-order valence-corrected chi connectivity index (χ4v) is 4.78. The molecule has 2 aromatic carbocycles. The molecule has 0 fully saturated rings. The number of aryl methyl sites for hydroxylation is 1. The van der Waals surface area contributed by atoms with Crippen LogP contribution in [-0.2, 0) is 6.54 Å².